The van der Waals surface area contributed by atoms with E-state index in [1.165, 1.54) is 0 Å². The van der Waals surface area contributed by atoms with Gasteiger partial charge < -0.3 is 28.4 Å². The second-order valence-corrected chi connectivity index (χ2v) is 11.8. The van der Waals surface area contributed by atoms with E-state index in [4.69, 9.17) is 18.9 Å². The van der Waals surface area contributed by atoms with Gasteiger partial charge >= 0.3 is 6.29 Å². The first-order chi connectivity index (χ1) is 16.8. The number of alkyl halides is 2. The van der Waals surface area contributed by atoms with Crippen molar-refractivity contribution in [3.05, 3.63) is 34.6 Å². The first-order valence-electron chi connectivity index (χ1n) is 13.4. The van der Waals surface area contributed by atoms with Crippen molar-refractivity contribution >= 4 is 0 Å². The average molecular weight is 533 g/mol. The Labute approximate surface area is 223 Å². The number of hydrogen-bond acceptors (Lipinski definition) is 6. The topological polar surface area (TPSA) is 55.4 Å². The van der Waals surface area contributed by atoms with Gasteiger partial charge in [0.1, 0.15) is 34.6 Å². The van der Waals surface area contributed by atoms with Gasteiger partial charge in [-0.25, -0.2) is 0 Å². The van der Waals surface area contributed by atoms with E-state index in [-0.39, 0.29) is 23.4 Å². The van der Waals surface area contributed by atoms with Crippen LogP contribution < -0.4 is 0 Å². The molecule has 0 atom stereocenters. The van der Waals surface area contributed by atoms with Crippen LogP contribution >= 0.6 is 0 Å². The predicted molar refractivity (Wildman–Crippen MR) is 141 cm³/mol. The highest BCUT2D eigenvalue weighted by molar-refractivity contribution is 5.12. The average Bonchev–Trinajstić information content (AvgIpc) is 3.43. The highest BCUT2D eigenvalue weighted by Gasteiger charge is 2.46. The van der Waals surface area contributed by atoms with E-state index >= 15 is 0 Å². The molecule has 3 heterocycles. The molecule has 0 N–H and O–H groups in total. The molecule has 0 aliphatic carbocycles. The fraction of sp³-hybridized carbons (Fsp3) is 0.793. The summed E-state index contributed by atoms with van der Waals surface area (Å²) in [6.45, 7) is 28.5. The summed E-state index contributed by atoms with van der Waals surface area (Å²) in [7, 11) is 0. The Morgan fingerprint density at radius 3 is 0.946 bits per heavy atom. The van der Waals surface area contributed by atoms with Gasteiger partial charge in [0.25, 0.3) is 0 Å². The van der Waals surface area contributed by atoms with Crippen LogP contribution in [0, 0.1) is 35.5 Å². The molecular weight excluding hydrogens is 482 g/mol. The van der Waals surface area contributed by atoms with Crippen LogP contribution in [0.1, 0.15) is 96.9 Å². The molecular formula is C29H50F2O6. The fourth-order valence-corrected chi connectivity index (χ4v) is 3.84. The lowest BCUT2D eigenvalue weighted by Gasteiger charge is -2.20. The van der Waals surface area contributed by atoms with Crippen molar-refractivity contribution in [2.45, 2.75) is 109 Å². The lowest BCUT2D eigenvalue weighted by atomic mass is 10.1. The van der Waals surface area contributed by atoms with Crippen LogP contribution in [0.3, 0.4) is 0 Å². The van der Waals surface area contributed by atoms with Crippen molar-refractivity contribution in [3.8, 4) is 0 Å². The predicted octanol–water partition coefficient (Wildman–Crippen LogP) is 8.91. The molecule has 216 valence electrons. The third-order valence-electron chi connectivity index (χ3n) is 5.47. The van der Waals surface area contributed by atoms with Crippen LogP contribution in [0.5, 0.6) is 0 Å². The van der Waals surface area contributed by atoms with Gasteiger partial charge in [-0.2, -0.15) is 0 Å². The molecule has 0 saturated heterocycles. The van der Waals surface area contributed by atoms with Crippen LogP contribution in [-0.2, 0) is 28.4 Å². The minimum atomic E-state index is -3.47. The summed E-state index contributed by atoms with van der Waals surface area (Å²) in [6.07, 6.45) is -3.47. The number of allylic oxidation sites excluding steroid dienone is 6. The first-order valence-corrected chi connectivity index (χ1v) is 13.4. The van der Waals surface area contributed by atoms with Crippen LogP contribution in [0.2, 0.25) is 0 Å². The molecule has 3 aliphatic rings. The maximum atomic E-state index is 12.7. The monoisotopic (exact) mass is 532 g/mol. The van der Waals surface area contributed by atoms with Crippen LogP contribution in [-0.4, -0.2) is 18.9 Å². The normalized spacial score (nSPS) is 19.9. The minimum Gasteiger partial charge on any atom is -0.458 e. The van der Waals surface area contributed by atoms with Gasteiger partial charge in [0.05, 0.1) is 0 Å². The maximum Gasteiger partial charge on any atom is 0.585 e. The van der Waals surface area contributed by atoms with E-state index in [1.807, 2.05) is 13.8 Å². The zero-order valence-electron chi connectivity index (χ0n) is 25.4. The minimum absolute atomic E-state index is 0.0780. The van der Waals surface area contributed by atoms with Crippen molar-refractivity contribution in [1.29, 1.82) is 0 Å². The molecule has 0 unspecified atom stereocenters. The molecule has 0 spiro atoms. The molecule has 8 heteroatoms. The Bertz CT molecular complexity index is 736. The lowest BCUT2D eigenvalue weighted by Crippen LogP contribution is -2.21. The molecule has 6 nitrogen and oxygen atoms in total. The molecule has 0 aromatic carbocycles. The van der Waals surface area contributed by atoms with E-state index in [0.717, 1.165) is 23.0 Å². The number of rotatable bonds is 6. The highest BCUT2D eigenvalue weighted by atomic mass is 19.3. The Morgan fingerprint density at radius 1 is 0.459 bits per heavy atom. The van der Waals surface area contributed by atoms with Gasteiger partial charge in [0, 0.05) is 49.4 Å². The standard InChI is InChI=1S/C11H20O2.C9H14F2O2.C9H16O2/c1-7(2)9-10(8(3)4)13-11(5,6)12-9;1-5(2)7-8(6(3)4)13-9(10,11)12-7;1-6(2)8-9(7(3)4)11-5-10-8/h7-8H,1-6H3;5-6H,1-4H3;6-7H,5H2,1-4H3. The second kappa shape index (κ2) is 13.1. The van der Waals surface area contributed by atoms with Crippen molar-refractivity contribution in [1.82, 2.24) is 0 Å². The van der Waals surface area contributed by atoms with Crippen molar-refractivity contribution in [3.63, 3.8) is 0 Å². The largest absolute Gasteiger partial charge is 0.585 e. The third-order valence-corrected chi connectivity index (χ3v) is 5.47. The first kappa shape index (κ1) is 32.9. The van der Waals surface area contributed by atoms with E-state index in [9.17, 15) is 8.78 Å². The molecule has 0 fully saturated rings. The molecule has 0 amide bonds. The van der Waals surface area contributed by atoms with E-state index in [1.54, 1.807) is 27.7 Å². The summed E-state index contributed by atoms with van der Waals surface area (Å²) in [6, 6.07) is 0. The van der Waals surface area contributed by atoms with E-state index in [0.29, 0.717) is 30.5 Å². The summed E-state index contributed by atoms with van der Waals surface area (Å²) < 4.78 is 56.3. The number of halogens is 2. The molecule has 0 aromatic heterocycles. The molecule has 37 heavy (non-hydrogen) atoms. The van der Waals surface area contributed by atoms with Gasteiger partial charge in [-0.05, 0) is 0 Å². The van der Waals surface area contributed by atoms with Gasteiger partial charge in [0.2, 0.25) is 12.6 Å². The van der Waals surface area contributed by atoms with E-state index < -0.39 is 12.1 Å². The fourth-order valence-electron chi connectivity index (χ4n) is 3.84. The quantitative estimate of drug-likeness (QED) is 0.340. The molecule has 3 rings (SSSR count). The van der Waals surface area contributed by atoms with Gasteiger partial charge in [-0.1, -0.05) is 83.1 Å². The molecule has 3 aliphatic heterocycles. The Kier molecular flexibility index (Phi) is 11.7. The van der Waals surface area contributed by atoms with Gasteiger partial charge in [-0.3, -0.25) is 0 Å². The number of hydrogen-bond donors (Lipinski definition) is 0. The molecule has 0 saturated carbocycles. The second-order valence-electron chi connectivity index (χ2n) is 11.8. The molecule has 0 radical (unpaired) electrons. The zero-order chi connectivity index (χ0) is 28.9. The van der Waals surface area contributed by atoms with Crippen molar-refractivity contribution in [2.75, 3.05) is 6.79 Å². The molecule has 0 bridgehead atoms. The highest BCUT2D eigenvalue weighted by Crippen LogP contribution is 2.40. The summed E-state index contributed by atoms with van der Waals surface area (Å²) >= 11 is 0. The third kappa shape index (κ3) is 9.60. The smallest absolute Gasteiger partial charge is 0.458 e. The Morgan fingerprint density at radius 2 is 0.703 bits per heavy atom. The summed E-state index contributed by atoms with van der Waals surface area (Å²) in [5, 5.41) is 0. The summed E-state index contributed by atoms with van der Waals surface area (Å²) in [5.41, 5.74) is 0. The van der Waals surface area contributed by atoms with Crippen molar-refractivity contribution in [2.24, 2.45) is 35.5 Å². The van der Waals surface area contributed by atoms with E-state index in [2.05, 4.69) is 64.9 Å². The summed E-state index contributed by atoms with van der Waals surface area (Å²) in [4.78, 5) is 0. The Balaban J connectivity index is 0.000000279. The molecule has 0 aromatic rings. The number of ether oxygens (including phenoxy) is 6. The summed E-state index contributed by atoms with van der Waals surface area (Å²) in [5.74, 6) is 5.67. The van der Waals surface area contributed by atoms with Gasteiger partial charge in [0.15, 0.2) is 0 Å². The van der Waals surface area contributed by atoms with Crippen molar-refractivity contribution < 1.29 is 37.2 Å². The van der Waals surface area contributed by atoms with Crippen LogP contribution in [0.15, 0.2) is 34.6 Å². The lowest BCUT2D eigenvalue weighted by molar-refractivity contribution is -0.340. The zero-order valence-corrected chi connectivity index (χ0v) is 25.4. The van der Waals surface area contributed by atoms with Crippen LogP contribution in [0.4, 0.5) is 8.78 Å². The Hall–Kier alpha value is -2.12. The van der Waals surface area contributed by atoms with Crippen LogP contribution in [0.25, 0.3) is 0 Å². The van der Waals surface area contributed by atoms with Gasteiger partial charge in [-0.15, -0.1) is 8.78 Å². The maximum absolute atomic E-state index is 12.7. The SMILES string of the molecule is CC(C)C1=C(C(C)C)OC(C)(C)O1.CC(C)C1=C(C(C)C)OC(F)(F)O1.CC(C)C1=C(C(C)C)OCO1.